The summed E-state index contributed by atoms with van der Waals surface area (Å²) in [6, 6.07) is 2.74. The number of carbonyl (C=O) groups is 2. The van der Waals surface area contributed by atoms with E-state index in [-0.39, 0.29) is 23.5 Å². The van der Waals surface area contributed by atoms with Gasteiger partial charge in [0, 0.05) is 6.07 Å². The van der Waals surface area contributed by atoms with E-state index in [9.17, 15) is 19.7 Å². The van der Waals surface area contributed by atoms with Crippen molar-refractivity contribution in [2.75, 3.05) is 19.0 Å². The van der Waals surface area contributed by atoms with Gasteiger partial charge in [-0.15, -0.1) is 0 Å². The Kier molecular flexibility index (Phi) is 6.94. The molecule has 0 saturated heterocycles. The molecular formula is C14H19N3O6. The molecule has 0 aliphatic rings. The molecule has 1 rings (SSSR count). The molecule has 1 aromatic rings. The molecule has 23 heavy (non-hydrogen) atoms. The summed E-state index contributed by atoms with van der Waals surface area (Å²) in [6.07, 6.45) is 0.469. The Balaban J connectivity index is 2.79. The van der Waals surface area contributed by atoms with E-state index < -0.39 is 22.8 Å². The second-order valence-corrected chi connectivity index (χ2v) is 4.74. The summed E-state index contributed by atoms with van der Waals surface area (Å²) >= 11 is 0. The highest BCUT2D eigenvalue weighted by Crippen LogP contribution is 2.29. The molecule has 9 nitrogen and oxygen atoms in total. The highest BCUT2D eigenvalue weighted by Gasteiger charge is 2.21. The molecule has 0 bridgehead atoms. The van der Waals surface area contributed by atoms with E-state index in [1.54, 1.807) is 0 Å². The van der Waals surface area contributed by atoms with Crippen molar-refractivity contribution in [3.05, 3.63) is 28.3 Å². The van der Waals surface area contributed by atoms with Gasteiger partial charge in [0.05, 0.1) is 30.2 Å². The smallest absolute Gasteiger partial charge is 0.321 e. The van der Waals surface area contributed by atoms with Crippen LogP contribution in [-0.4, -0.2) is 41.6 Å². The number of benzene rings is 1. The summed E-state index contributed by atoms with van der Waals surface area (Å²) in [5.74, 6) is -1.53. The van der Waals surface area contributed by atoms with Crippen molar-refractivity contribution in [3.63, 3.8) is 0 Å². The first-order valence-electron chi connectivity index (χ1n) is 6.97. The molecule has 0 spiro atoms. The molecule has 0 aliphatic carbocycles. The lowest BCUT2D eigenvalue weighted by molar-refractivity contribution is -0.384. The monoisotopic (exact) mass is 325 g/mol. The number of hydrogen-bond donors (Lipinski definition) is 3. The minimum atomic E-state index is -1.12. The maximum Gasteiger partial charge on any atom is 0.321 e. The molecular weight excluding hydrogens is 306 g/mol. The van der Waals surface area contributed by atoms with Gasteiger partial charge in [-0.1, -0.05) is 6.92 Å². The molecule has 0 aromatic heterocycles. The van der Waals surface area contributed by atoms with E-state index in [0.29, 0.717) is 6.54 Å². The minimum absolute atomic E-state index is 0.126. The van der Waals surface area contributed by atoms with Gasteiger partial charge < -0.3 is 20.5 Å². The fraction of sp³-hybridized carbons (Fsp3) is 0.429. The molecule has 9 heteroatoms. The fourth-order valence-corrected chi connectivity index (χ4v) is 1.85. The number of nitro benzene ring substituents is 1. The number of nitrogens with zero attached hydrogens (tertiary/aromatic N) is 1. The van der Waals surface area contributed by atoms with E-state index in [0.717, 1.165) is 6.42 Å². The molecule has 1 unspecified atom stereocenters. The average molecular weight is 325 g/mol. The first-order chi connectivity index (χ1) is 10.9. The second-order valence-electron chi connectivity index (χ2n) is 4.74. The van der Waals surface area contributed by atoms with Crippen molar-refractivity contribution in [3.8, 4) is 5.75 Å². The fourth-order valence-electron chi connectivity index (χ4n) is 1.85. The topological polar surface area (TPSA) is 131 Å². The lowest BCUT2D eigenvalue weighted by Gasteiger charge is -2.14. The Morgan fingerprint density at radius 3 is 2.65 bits per heavy atom. The summed E-state index contributed by atoms with van der Waals surface area (Å²) in [6.45, 7) is 2.36. The summed E-state index contributed by atoms with van der Waals surface area (Å²) < 4.78 is 5.00. The molecule has 1 amide bonds. The third kappa shape index (κ3) is 5.55. The lowest BCUT2D eigenvalue weighted by Crippen LogP contribution is -2.40. The zero-order valence-corrected chi connectivity index (χ0v) is 12.9. The standard InChI is InChI=1S/C14H19N3O6/c1-3-6-15-11(14(19)20)8-13(18)16-10-5-4-9(17(21)22)7-12(10)23-2/h4-5,7,11,15H,3,6,8H2,1-2H3,(H,16,18)(H,19,20). The Hall–Kier alpha value is -2.68. The molecule has 1 atom stereocenters. The van der Waals surface area contributed by atoms with Gasteiger partial charge in [0.2, 0.25) is 5.91 Å². The van der Waals surface area contributed by atoms with Crippen LogP contribution in [0.5, 0.6) is 5.75 Å². The number of aliphatic carboxylic acids is 1. The number of hydrogen-bond acceptors (Lipinski definition) is 6. The van der Waals surface area contributed by atoms with Crippen molar-refractivity contribution in [2.45, 2.75) is 25.8 Å². The van der Waals surface area contributed by atoms with Gasteiger partial charge in [0.25, 0.3) is 5.69 Å². The second kappa shape index (κ2) is 8.69. The van der Waals surface area contributed by atoms with Gasteiger partial charge in [0.15, 0.2) is 0 Å². The number of carbonyl (C=O) groups excluding carboxylic acids is 1. The third-order valence-electron chi connectivity index (χ3n) is 3.00. The van der Waals surface area contributed by atoms with E-state index in [4.69, 9.17) is 9.84 Å². The number of anilines is 1. The van der Waals surface area contributed by atoms with Crippen molar-refractivity contribution in [2.24, 2.45) is 0 Å². The minimum Gasteiger partial charge on any atom is -0.494 e. The van der Waals surface area contributed by atoms with Gasteiger partial charge in [-0.3, -0.25) is 19.7 Å². The quantitative estimate of drug-likeness (QED) is 0.462. The van der Waals surface area contributed by atoms with Crippen LogP contribution >= 0.6 is 0 Å². The molecule has 1 aromatic carbocycles. The van der Waals surface area contributed by atoms with Gasteiger partial charge in [-0.05, 0) is 19.0 Å². The Bertz CT molecular complexity index is 590. The molecule has 3 N–H and O–H groups in total. The number of carboxylic acids is 1. The molecule has 0 fully saturated rings. The first kappa shape index (κ1) is 18.4. The molecule has 0 radical (unpaired) electrons. The van der Waals surface area contributed by atoms with Crippen LogP contribution in [0.25, 0.3) is 0 Å². The number of amides is 1. The van der Waals surface area contributed by atoms with Crippen LogP contribution in [0.15, 0.2) is 18.2 Å². The number of rotatable bonds is 9. The summed E-state index contributed by atoms with van der Waals surface area (Å²) in [4.78, 5) is 33.2. The van der Waals surface area contributed by atoms with E-state index in [2.05, 4.69) is 10.6 Å². The third-order valence-corrected chi connectivity index (χ3v) is 3.00. The molecule has 0 saturated carbocycles. The van der Waals surface area contributed by atoms with Crippen LogP contribution in [0, 0.1) is 10.1 Å². The van der Waals surface area contributed by atoms with Crippen molar-refractivity contribution >= 4 is 23.3 Å². The van der Waals surface area contributed by atoms with Gasteiger partial charge in [-0.25, -0.2) is 0 Å². The van der Waals surface area contributed by atoms with Gasteiger partial charge in [0.1, 0.15) is 11.8 Å². The number of nitro groups is 1. The number of nitrogens with one attached hydrogen (secondary N) is 2. The zero-order chi connectivity index (χ0) is 17.4. The Morgan fingerprint density at radius 2 is 2.13 bits per heavy atom. The SMILES string of the molecule is CCCNC(CC(=O)Nc1ccc([N+](=O)[O-])cc1OC)C(=O)O. The predicted molar refractivity (Wildman–Crippen MR) is 82.6 cm³/mol. The lowest BCUT2D eigenvalue weighted by atomic mass is 10.2. The Labute approximate surface area is 132 Å². The van der Waals surface area contributed by atoms with Crippen LogP contribution in [0.2, 0.25) is 0 Å². The van der Waals surface area contributed by atoms with E-state index in [1.165, 1.54) is 25.3 Å². The average Bonchev–Trinajstić information content (AvgIpc) is 2.51. The summed E-state index contributed by atoms with van der Waals surface area (Å²) in [7, 11) is 1.32. The van der Waals surface area contributed by atoms with E-state index in [1.807, 2.05) is 6.92 Å². The molecule has 0 heterocycles. The largest absolute Gasteiger partial charge is 0.494 e. The normalized spacial score (nSPS) is 11.6. The van der Waals surface area contributed by atoms with Crippen LogP contribution in [-0.2, 0) is 9.59 Å². The summed E-state index contributed by atoms with van der Waals surface area (Å²) in [5.41, 5.74) is 0.0654. The predicted octanol–water partition coefficient (Wildman–Crippen LogP) is 1.38. The number of carboxylic acid groups (broad SMARTS) is 1. The van der Waals surface area contributed by atoms with Crippen LogP contribution in [0.3, 0.4) is 0 Å². The maximum atomic E-state index is 12.0. The van der Waals surface area contributed by atoms with Crippen LogP contribution in [0.1, 0.15) is 19.8 Å². The maximum absolute atomic E-state index is 12.0. The molecule has 126 valence electrons. The highest BCUT2D eigenvalue weighted by molar-refractivity contribution is 5.95. The highest BCUT2D eigenvalue weighted by atomic mass is 16.6. The van der Waals surface area contributed by atoms with Crippen molar-refractivity contribution in [1.29, 1.82) is 0 Å². The van der Waals surface area contributed by atoms with Gasteiger partial charge in [-0.2, -0.15) is 0 Å². The molecule has 0 aliphatic heterocycles. The number of methoxy groups -OCH3 is 1. The van der Waals surface area contributed by atoms with Gasteiger partial charge >= 0.3 is 5.97 Å². The number of non-ortho nitro benzene ring substituents is 1. The van der Waals surface area contributed by atoms with Crippen LogP contribution < -0.4 is 15.4 Å². The Morgan fingerprint density at radius 1 is 1.43 bits per heavy atom. The zero-order valence-electron chi connectivity index (χ0n) is 12.9. The van der Waals surface area contributed by atoms with Crippen molar-refractivity contribution < 1.29 is 24.4 Å². The number of ether oxygens (including phenoxy) is 1. The van der Waals surface area contributed by atoms with Crippen LogP contribution in [0.4, 0.5) is 11.4 Å². The van der Waals surface area contributed by atoms with Crippen molar-refractivity contribution in [1.82, 2.24) is 5.32 Å². The summed E-state index contributed by atoms with van der Waals surface area (Å²) in [5, 5.41) is 25.0. The first-order valence-corrected chi connectivity index (χ1v) is 6.97. The van der Waals surface area contributed by atoms with E-state index >= 15 is 0 Å².